The first-order valence-electron chi connectivity index (χ1n) is 5.66. The molecule has 2 N–H and O–H groups in total. The Bertz CT molecular complexity index is 524. The van der Waals surface area contributed by atoms with Crippen LogP contribution in [0.4, 0.5) is 0 Å². The summed E-state index contributed by atoms with van der Waals surface area (Å²) in [4.78, 5) is 22.1. The molecular formula is C12H13Cl2N3O3. The van der Waals surface area contributed by atoms with Crippen molar-refractivity contribution in [1.29, 1.82) is 0 Å². The quantitative estimate of drug-likeness (QED) is 0.503. The number of hydrazone groups is 1. The van der Waals surface area contributed by atoms with Gasteiger partial charge in [-0.3, -0.25) is 9.59 Å². The van der Waals surface area contributed by atoms with Crippen molar-refractivity contribution >= 4 is 41.2 Å². The summed E-state index contributed by atoms with van der Waals surface area (Å²) in [6.07, 6.45) is 1.31. The lowest BCUT2D eigenvalue weighted by molar-refractivity contribution is -0.138. The van der Waals surface area contributed by atoms with E-state index in [2.05, 4.69) is 15.8 Å². The molecule has 2 amide bonds. The van der Waals surface area contributed by atoms with E-state index in [0.717, 1.165) is 0 Å². The summed E-state index contributed by atoms with van der Waals surface area (Å²) < 4.78 is 5.28. The summed E-state index contributed by atoms with van der Waals surface area (Å²) in [5.74, 6) is -1.26. The molecule has 108 valence electrons. The summed E-state index contributed by atoms with van der Waals surface area (Å²) in [6, 6.07) is 3.15. The Morgan fingerprint density at radius 3 is 2.40 bits per heavy atom. The van der Waals surface area contributed by atoms with E-state index in [1.807, 2.05) is 6.92 Å². The van der Waals surface area contributed by atoms with Crippen LogP contribution in [0.3, 0.4) is 0 Å². The zero-order valence-corrected chi connectivity index (χ0v) is 12.4. The maximum Gasteiger partial charge on any atom is 0.329 e. The fraction of sp³-hybridized carbons (Fsp3) is 0.250. The third-order valence-corrected chi connectivity index (χ3v) is 2.68. The zero-order chi connectivity index (χ0) is 15.1. The molecule has 0 aliphatic carbocycles. The molecular weight excluding hydrogens is 305 g/mol. The van der Waals surface area contributed by atoms with Gasteiger partial charge < -0.3 is 10.1 Å². The van der Waals surface area contributed by atoms with Crippen LogP contribution in [-0.2, 0) is 9.59 Å². The molecule has 0 saturated heterocycles. The van der Waals surface area contributed by atoms with Crippen molar-refractivity contribution < 1.29 is 14.3 Å². The molecule has 0 radical (unpaired) electrons. The second-order valence-electron chi connectivity index (χ2n) is 3.52. The number of benzene rings is 1. The number of ether oxygens (including phenoxy) is 1. The normalized spacial score (nSPS) is 10.4. The zero-order valence-electron chi connectivity index (χ0n) is 10.9. The van der Waals surface area contributed by atoms with Crippen LogP contribution in [-0.4, -0.2) is 31.7 Å². The van der Waals surface area contributed by atoms with Crippen molar-refractivity contribution in [2.45, 2.75) is 6.92 Å². The van der Waals surface area contributed by atoms with E-state index < -0.39 is 11.8 Å². The third kappa shape index (κ3) is 4.40. The highest BCUT2D eigenvalue weighted by molar-refractivity contribution is 6.37. The van der Waals surface area contributed by atoms with Gasteiger partial charge in [-0.2, -0.15) is 5.10 Å². The van der Waals surface area contributed by atoms with Crippen LogP contribution in [0.25, 0.3) is 0 Å². The molecule has 0 bridgehead atoms. The molecule has 0 atom stereocenters. The molecule has 1 rings (SSSR count). The van der Waals surface area contributed by atoms with Crippen LogP contribution in [0.1, 0.15) is 12.5 Å². The van der Waals surface area contributed by atoms with Gasteiger partial charge >= 0.3 is 11.8 Å². The number of rotatable bonds is 4. The number of carbonyl (C=O) groups is 2. The summed E-state index contributed by atoms with van der Waals surface area (Å²) in [5.41, 5.74) is 2.62. The SMILES string of the molecule is CCOc1c(Cl)cc(/C=N\NC(=O)C(=O)NC)cc1Cl. The molecule has 20 heavy (non-hydrogen) atoms. The largest absolute Gasteiger partial charge is 0.491 e. The molecule has 0 aliphatic rings. The van der Waals surface area contributed by atoms with Gasteiger partial charge in [0.2, 0.25) is 0 Å². The summed E-state index contributed by atoms with van der Waals surface area (Å²) >= 11 is 12.0. The number of amides is 2. The van der Waals surface area contributed by atoms with Crippen LogP contribution >= 0.6 is 23.2 Å². The highest BCUT2D eigenvalue weighted by Gasteiger charge is 2.10. The molecule has 1 aromatic carbocycles. The number of halogens is 2. The number of hydrogen-bond donors (Lipinski definition) is 2. The Kier molecular flexibility index (Phi) is 6.27. The van der Waals surface area contributed by atoms with E-state index in [4.69, 9.17) is 27.9 Å². The van der Waals surface area contributed by atoms with Crippen molar-refractivity contribution in [2.75, 3.05) is 13.7 Å². The van der Waals surface area contributed by atoms with Gasteiger partial charge in [-0.25, -0.2) is 5.43 Å². The van der Waals surface area contributed by atoms with E-state index in [0.29, 0.717) is 28.0 Å². The lowest BCUT2D eigenvalue weighted by atomic mass is 10.2. The van der Waals surface area contributed by atoms with Gasteiger partial charge in [-0.15, -0.1) is 0 Å². The average molecular weight is 318 g/mol. The predicted octanol–water partition coefficient (Wildman–Crippen LogP) is 1.59. The maximum atomic E-state index is 11.1. The highest BCUT2D eigenvalue weighted by Crippen LogP contribution is 2.33. The van der Waals surface area contributed by atoms with Gasteiger partial charge in [0.05, 0.1) is 22.9 Å². The average Bonchev–Trinajstić information content (AvgIpc) is 2.41. The van der Waals surface area contributed by atoms with Gasteiger partial charge in [-0.1, -0.05) is 23.2 Å². The second-order valence-corrected chi connectivity index (χ2v) is 4.34. The molecule has 0 saturated carbocycles. The predicted molar refractivity (Wildman–Crippen MR) is 77.4 cm³/mol. The Labute approximate surface area is 126 Å². The molecule has 0 fully saturated rings. The summed E-state index contributed by atoms with van der Waals surface area (Å²) in [5, 5.41) is 6.46. The number of nitrogens with one attached hydrogen (secondary N) is 2. The fourth-order valence-electron chi connectivity index (χ4n) is 1.27. The maximum absolute atomic E-state index is 11.1. The molecule has 0 aliphatic heterocycles. The lowest BCUT2D eigenvalue weighted by Crippen LogP contribution is -2.35. The van der Waals surface area contributed by atoms with Gasteiger partial charge in [0.15, 0.2) is 5.75 Å². The number of likely N-dealkylation sites (N-methyl/N-ethyl adjacent to an activating group) is 1. The molecule has 6 nitrogen and oxygen atoms in total. The number of carbonyl (C=O) groups excluding carboxylic acids is 2. The molecule has 0 aromatic heterocycles. The Morgan fingerprint density at radius 2 is 1.90 bits per heavy atom. The smallest absolute Gasteiger partial charge is 0.329 e. The minimum absolute atomic E-state index is 0.332. The van der Waals surface area contributed by atoms with Crippen LogP contribution in [0.5, 0.6) is 5.75 Å². The lowest BCUT2D eigenvalue weighted by Gasteiger charge is -2.08. The van der Waals surface area contributed by atoms with Crippen LogP contribution in [0.15, 0.2) is 17.2 Å². The molecule has 0 heterocycles. The second kappa shape index (κ2) is 7.72. The Hall–Kier alpha value is -1.79. The van der Waals surface area contributed by atoms with Crippen molar-refractivity contribution in [2.24, 2.45) is 5.10 Å². The Balaban J connectivity index is 2.79. The monoisotopic (exact) mass is 317 g/mol. The number of nitrogens with zero attached hydrogens (tertiary/aromatic N) is 1. The van der Waals surface area contributed by atoms with Crippen LogP contribution in [0, 0.1) is 0 Å². The standard InChI is InChI=1S/C12H13Cl2N3O3/c1-3-20-10-8(13)4-7(5-9(10)14)6-16-17-12(19)11(18)15-2/h4-6H,3H2,1-2H3,(H,15,18)(H,17,19)/b16-6-. The first-order chi connectivity index (χ1) is 9.49. The molecule has 0 unspecified atom stereocenters. The molecule has 8 heteroatoms. The van der Waals surface area contributed by atoms with E-state index in [1.54, 1.807) is 12.1 Å². The number of hydrogen-bond acceptors (Lipinski definition) is 4. The van der Waals surface area contributed by atoms with E-state index in [9.17, 15) is 9.59 Å². The van der Waals surface area contributed by atoms with Crippen molar-refractivity contribution in [3.8, 4) is 5.75 Å². The third-order valence-electron chi connectivity index (χ3n) is 2.12. The van der Waals surface area contributed by atoms with Crippen LogP contribution < -0.4 is 15.5 Å². The fourth-order valence-corrected chi connectivity index (χ4v) is 1.88. The highest BCUT2D eigenvalue weighted by atomic mass is 35.5. The van der Waals surface area contributed by atoms with E-state index in [1.165, 1.54) is 13.3 Å². The minimum atomic E-state index is -0.869. The van der Waals surface area contributed by atoms with Gasteiger partial charge in [0, 0.05) is 7.05 Å². The van der Waals surface area contributed by atoms with Crippen molar-refractivity contribution in [3.05, 3.63) is 27.7 Å². The van der Waals surface area contributed by atoms with E-state index in [-0.39, 0.29) is 0 Å². The minimum Gasteiger partial charge on any atom is -0.491 e. The summed E-state index contributed by atoms with van der Waals surface area (Å²) in [6.45, 7) is 2.26. The van der Waals surface area contributed by atoms with Crippen molar-refractivity contribution in [1.82, 2.24) is 10.7 Å². The van der Waals surface area contributed by atoms with Gasteiger partial charge in [0.1, 0.15) is 0 Å². The Morgan fingerprint density at radius 1 is 1.30 bits per heavy atom. The first kappa shape index (κ1) is 16.3. The van der Waals surface area contributed by atoms with Gasteiger partial charge in [-0.05, 0) is 24.6 Å². The molecule has 0 spiro atoms. The first-order valence-corrected chi connectivity index (χ1v) is 6.42. The summed E-state index contributed by atoms with van der Waals surface area (Å²) in [7, 11) is 1.34. The van der Waals surface area contributed by atoms with Crippen molar-refractivity contribution in [3.63, 3.8) is 0 Å². The van der Waals surface area contributed by atoms with Gasteiger partial charge in [0.25, 0.3) is 0 Å². The molecule has 1 aromatic rings. The van der Waals surface area contributed by atoms with Crippen LogP contribution in [0.2, 0.25) is 10.0 Å². The van der Waals surface area contributed by atoms with E-state index >= 15 is 0 Å². The topological polar surface area (TPSA) is 79.8 Å².